The molecule has 0 aliphatic rings. The van der Waals surface area contributed by atoms with Gasteiger partial charge in [-0.1, -0.05) is 5.16 Å². The highest BCUT2D eigenvalue weighted by atomic mass is 32.1. The fraction of sp³-hybridized carbons (Fsp3) is 0.250. The highest BCUT2D eigenvalue weighted by molar-refractivity contribution is 7.14. The second-order valence-electron chi connectivity index (χ2n) is 2.93. The third-order valence-corrected chi connectivity index (χ3v) is 3.03. The van der Waals surface area contributed by atoms with Crippen molar-refractivity contribution in [1.29, 1.82) is 0 Å². The second kappa shape index (κ2) is 4.71. The zero-order chi connectivity index (χ0) is 12.3. The molecule has 0 unspecified atom stereocenters. The monoisotopic (exact) mass is 244 g/mol. The third kappa shape index (κ3) is 2.54. The molecule has 0 bridgehead atoms. The summed E-state index contributed by atoms with van der Waals surface area (Å²) in [7, 11) is 0. The van der Waals surface area contributed by atoms with Crippen LogP contribution in [0.3, 0.4) is 0 Å². The molecule has 8 heteroatoms. The van der Waals surface area contributed by atoms with Crippen molar-refractivity contribution >= 4 is 28.7 Å². The number of nitrogens with zero attached hydrogens (tertiary/aromatic N) is 2. The topological polar surface area (TPSA) is 113 Å². The summed E-state index contributed by atoms with van der Waals surface area (Å²) < 4.78 is 0. The molecule has 0 atom stereocenters. The van der Waals surface area contributed by atoms with E-state index in [1.807, 2.05) is 0 Å². The normalized spacial score (nSPS) is 11.4. The Labute approximate surface area is 93.8 Å². The predicted octanol–water partition coefficient (Wildman–Crippen LogP) is 1.48. The Hall–Kier alpha value is -1.96. The molecule has 0 radical (unpaired) electrons. The van der Waals surface area contributed by atoms with Crippen LogP contribution in [0.5, 0.6) is 0 Å². The van der Waals surface area contributed by atoms with Crippen LogP contribution in [0.4, 0.5) is 5.69 Å². The van der Waals surface area contributed by atoms with Gasteiger partial charge in [0, 0.05) is 6.07 Å². The number of rotatable bonds is 4. The number of carboxylic acids is 1. The molecule has 1 aromatic rings. The van der Waals surface area contributed by atoms with Crippen molar-refractivity contribution in [2.45, 2.75) is 13.3 Å². The molecule has 0 amide bonds. The van der Waals surface area contributed by atoms with Crippen molar-refractivity contribution in [3.8, 4) is 0 Å². The minimum Gasteiger partial charge on any atom is -0.481 e. The van der Waals surface area contributed by atoms with Crippen LogP contribution in [0.15, 0.2) is 11.2 Å². The Kier molecular flexibility index (Phi) is 3.56. The van der Waals surface area contributed by atoms with Gasteiger partial charge in [-0.2, -0.15) is 0 Å². The largest absolute Gasteiger partial charge is 0.481 e. The van der Waals surface area contributed by atoms with E-state index in [0.717, 1.165) is 11.3 Å². The number of oxime groups is 1. The van der Waals surface area contributed by atoms with E-state index < -0.39 is 17.3 Å². The molecule has 1 heterocycles. The maximum atomic E-state index is 10.6. The van der Waals surface area contributed by atoms with Crippen molar-refractivity contribution < 1.29 is 20.0 Å². The lowest BCUT2D eigenvalue weighted by Gasteiger charge is -1.90. The van der Waals surface area contributed by atoms with Crippen LogP contribution in [0.2, 0.25) is 0 Å². The van der Waals surface area contributed by atoms with E-state index in [1.165, 1.54) is 13.0 Å². The van der Waals surface area contributed by atoms with Gasteiger partial charge in [-0.25, -0.2) is 0 Å². The van der Waals surface area contributed by atoms with Gasteiger partial charge in [0.1, 0.15) is 0 Å². The Bertz CT molecular complexity index is 465. The molecule has 1 rings (SSSR count). The number of carbonyl (C=O) groups is 1. The average Bonchev–Trinajstić information content (AvgIpc) is 2.59. The van der Waals surface area contributed by atoms with E-state index in [-0.39, 0.29) is 16.3 Å². The molecular formula is C8H8N2O5S. The maximum Gasteiger partial charge on any atom is 0.308 e. The van der Waals surface area contributed by atoms with Crippen LogP contribution in [-0.2, 0) is 11.2 Å². The summed E-state index contributed by atoms with van der Waals surface area (Å²) in [5.74, 6) is -1.14. The van der Waals surface area contributed by atoms with E-state index in [9.17, 15) is 14.9 Å². The fourth-order valence-electron chi connectivity index (χ4n) is 1.07. The first kappa shape index (κ1) is 12.1. The molecule has 0 fully saturated rings. The fourth-order valence-corrected chi connectivity index (χ4v) is 2.12. The summed E-state index contributed by atoms with van der Waals surface area (Å²) >= 11 is 0.936. The number of thiophene rings is 1. The smallest absolute Gasteiger partial charge is 0.308 e. The number of hydrogen-bond acceptors (Lipinski definition) is 6. The van der Waals surface area contributed by atoms with Crippen molar-refractivity contribution in [3.05, 3.63) is 25.9 Å². The van der Waals surface area contributed by atoms with Gasteiger partial charge in [0.05, 0.1) is 26.8 Å². The summed E-state index contributed by atoms with van der Waals surface area (Å²) in [4.78, 5) is 21.0. The van der Waals surface area contributed by atoms with Crippen LogP contribution in [-0.4, -0.2) is 26.9 Å². The van der Waals surface area contributed by atoms with Crippen LogP contribution in [0, 0.1) is 10.1 Å². The summed E-state index contributed by atoms with van der Waals surface area (Å²) in [6.07, 6.45) is -0.417. The van der Waals surface area contributed by atoms with Crippen LogP contribution in [0.25, 0.3) is 0 Å². The first-order chi connectivity index (χ1) is 7.45. The second-order valence-corrected chi connectivity index (χ2v) is 4.07. The van der Waals surface area contributed by atoms with Crippen LogP contribution in [0.1, 0.15) is 16.7 Å². The highest BCUT2D eigenvalue weighted by Crippen LogP contribution is 2.30. The van der Waals surface area contributed by atoms with E-state index in [4.69, 9.17) is 10.3 Å². The number of carboxylic acid groups (broad SMARTS) is 1. The molecule has 2 N–H and O–H groups in total. The lowest BCUT2D eigenvalue weighted by Crippen LogP contribution is -2.00. The van der Waals surface area contributed by atoms with E-state index in [2.05, 4.69) is 5.16 Å². The van der Waals surface area contributed by atoms with Crippen LogP contribution < -0.4 is 0 Å². The lowest BCUT2D eigenvalue weighted by molar-refractivity contribution is -0.385. The molecule has 0 saturated heterocycles. The first-order valence-corrected chi connectivity index (χ1v) is 4.95. The van der Waals surface area contributed by atoms with Gasteiger partial charge < -0.3 is 10.3 Å². The number of aliphatic carboxylic acids is 1. The van der Waals surface area contributed by atoms with Gasteiger partial charge in [0.15, 0.2) is 0 Å². The molecule has 0 aliphatic carbocycles. The Morgan fingerprint density at radius 2 is 2.31 bits per heavy atom. The van der Waals surface area contributed by atoms with E-state index >= 15 is 0 Å². The van der Waals surface area contributed by atoms with Gasteiger partial charge in [-0.05, 0) is 6.92 Å². The molecular weight excluding hydrogens is 236 g/mol. The van der Waals surface area contributed by atoms with Gasteiger partial charge in [0.2, 0.25) is 0 Å². The van der Waals surface area contributed by atoms with Crippen molar-refractivity contribution in [2.75, 3.05) is 0 Å². The van der Waals surface area contributed by atoms with Crippen molar-refractivity contribution in [1.82, 2.24) is 0 Å². The molecule has 7 nitrogen and oxygen atoms in total. The van der Waals surface area contributed by atoms with Crippen molar-refractivity contribution in [3.63, 3.8) is 0 Å². The molecule has 16 heavy (non-hydrogen) atoms. The third-order valence-electron chi connectivity index (χ3n) is 1.80. The first-order valence-electron chi connectivity index (χ1n) is 4.13. The minimum absolute atomic E-state index is 0.135. The summed E-state index contributed by atoms with van der Waals surface area (Å²) in [6, 6.07) is 1.21. The quantitative estimate of drug-likeness (QED) is 0.360. The molecule has 86 valence electrons. The zero-order valence-electron chi connectivity index (χ0n) is 8.21. The van der Waals surface area contributed by atoms with Crippen molar-refractivity contribution in [2.24, 2.45) is 5.16 Å². The van der Waals surface area contributed by atoms with E-state index in [0.29, 0.717) is 4.88 Å². The Morgan fingerprint density at radius 1 is 1.69 bits per heavy atom. The molecule has 0 spiro atoms. The number of nitro groups is 1. The zero-order valence-corrected chi connectivity index (χ0v) is 9.02. The van der Waals surface area contributed by atoms with Gasteiger partial charge in [0.25, 0.3) is 5.69 Å². The molecule has 0 aliphatic heterocycles. The van der Waals surface area contributed by atoms with E-state index in [1.54, 1.807) is 0 Å². The summed E-state index contributed by atoms with van der Waals surface area (Å²) in [5, 5.41) is 30.7. The Morgan fingerprint density at radius 3 is 2.75 bits per heavy atom. The SMILES string of the molecule is CC(=NO)c1cc([N+](=O)[O-])c(CC(=O)O)s1. The van der Waals surface area contributed by atoms with Gasteiger partial charge >= 0.3 is 5.97 Å². The minimum atomic E-state index is -1.14. The number of hydrogen-bond donors (Lipinski definition) is 2. The Balaban J connectivity index is 3.20. The highest BCUT2D eigenvalue weighted by Gasteiger charge is 2.21. The summed E-state index contributed by atoms with van der Waals surface area (Å²) in [5.41, 5.74) is -0.0462. The average molecular weight is 244 g/mol. The molecule has 0 saturated carbocycles. The molecule has 1 aromatic heterocycles. The summed E-state index contributed by atoms with van der Waals surface area (Å²) in [6.45, 7) is 1.47. The molecule has 0 aromatic carbocycles. The standard InChI is InChI=1S/C8H8N2O5S/c1-4(9-13)6-2-5(10(14)15)7(16-6)3-8(11)12/h2,13H,3H2,1H3,(H,11,12). The predicted molar refractivity (Wildman–Crippen MR) is 56.3 cm³/mol. The lowest BCUT2D eigenvalue weighted by atomic mass is 10.2. The van der Waals surface area contributed by atoms with Crippen LogP contribution >= 0.6 is 11.3 Å². The van der Waals surface area contributed by atoms with Gasteiger partial charge in [-0.15, -0.1) is 11.3 Å². The van der Waals surface area contributed by atoms with Gasteiger partial charge in [-0.3, -0.25) is 14.9 Å². The maximum absolute atomic E-state index is 10.6.